The molecule has 2 aromatic rings. The number of amides is 2. The van der Waals surface area contributed by atoms with Crippen LogP contribution in [0.25, 0.3) is 0 Å². The van der Waals surface area contributed by atoms with Gasteiger partial charge in [-0.05, 0) is 44.4 Å². The van der Waals surface area contributed by atoms with Crippen LogP contribution in [0, 0.1) is 0 Å². The summed E-state index contributed by atoms with van der Waals surface area (Å²) in [5.41, 5.74) is 1.78. The van der Waals surface area contributed by atoms with Gasteiger partial charge in [0.15, 0.2) is 0 Å². The quantitative estimate of drug-likeness (QED) is 0.917. The number of nitrogens with zero attached hydrogens (tertiary/aromatic N) is 3. The zero-order valence-corrected chi connectivity index (χ0v) is 14.0. The van der Waals surface area contributed by atoms with E-state index in [4.69, 9.17) is 4.74 Å². The van der Waals surface area contributed by atoms with Crippen LogP contribution in [-0.2, 0) is 6.61 Å². The highest BCUT2D eigenvalue weighted by Gasteiger charge is 2.31. The third-order valence-electron chi connectivity index (χ3n) is 4.11. The monoisotopic (exact) mass is 326 g/mol. The van der Waals surface area contributed by atoms with E-state index in [1.54, 1.807) is 17.3 Å². The molecule has 1 fully saturated rings. The second-order valence-electron chi connectivity index (χ2n) is 6.13. The average Bonchev–Trinajstić information content (AvgIpc) is 2.53. The zero-order valence-electron chi connectivity index (χ0n) is 14.0. The molecule has 1 aromatic heterocycles. The zero-order chi connectivity index (χ0) is 16.9. The lowest BCUT2D eigenvalue weighted by Gasteiger charge is -2.42. The Hall–Kier alpha value is -2.60. The summed E-state index contributed by atoms with van der Waals surface area (Å²) >= 11 is 0. The van der Waals surface area contributed by atoms with Crippen molar-refractivity contribution < 1.29 is 9.53 Å². The molecule has 126 valence electrons. The molecular weight excluding hydrogens is 304 g/mol. The largest absolute Gasteiger partial charge is 0.489 e. The molecule has 2 heterocycles. The number of hydrogen-bond donors (Lipinski definition) is 1. The van der Waals surface area contributed by atoms with Crippen LogP contribution in [0.1, 0.15) is 5.56 Å². The summed E-state index contributed by atoms with van der Waals surface area (Å²) in [6.07, 6.45) is 3.52. The number of carbonyl (C=O) groups excluding carboxylic acids is 1. The Morgan fingerprint density at radius 1 is 1.29 bits per heavy atom. The summed E-state index contributed by atoms with van der Waals surface area (Å²) in [5.74, 6) is 0.758. The van der Waals surface area contributed by atoms with Crippen molar-refractivity contribution >= 4 is 11.7 Å². The van der Waals surface area contributed by atoms with Gasteiger partial charge >= 0.3 is 6.03 Å². The number of ether oxygens (including phenoxy) is 1. The standard InChI is InChI=1S/C18H22N4O2/c1-21(2)16-11-22(12-16)18(23)20-15-5-7-17(8-6-15)24-13-14-4-3-9-19-10-14/h3-10,16H,11-13H2,1-2H3,(H,20,23). The van der Waals surface area contributed by atoms with Crippen molar-refractivity contribution in [2.75, 3.05) is 32.5 Å². The molecule has 0 aliphatic carbocycles. The summed E-state index contributed by atoms with van der Waals surface area (Å²) in [7, 11) is 4.06. The maximum absolute atomic E-state index is 12.1. The van der Waals surface area contributed by atoms with Gasteiger partial charge in [0.2, 0.25) is 0 Å². The number of benzene rings is 1. The summed E-state index contributed by atoms with van der Waals surface area (Å²) < 4.78 is 5.70. The van der Waals surface area contributed by atoms with Gasteiger partial charge in [-0.1, -0.05) is 6.07 Å². The predicted octanol–water partition coefficient (Wildman–Crippen LogP) is 2.44. The van der Waals surface area contributed by atoms with Crippen molar-refractivity contribution in [2.45, 2.75) is 12.6 Å². The van der Waals surface area contributed by atoms with Crippen LogP contribution in [0.2, 0.25) is 0 Å². The van der Waals surface area contributed by atoms with Crippen molar-refractivity contribution in [3.8, 4) is 5.75 Å². The van der Waals surface area contributed by atoms with Crippen molar-refractivity contribution in [1.82, 2.24) is 14.8 Å². The number of hydrogen-bond acceptors (Lipinski definition) is 4. The number of urea groups is 1. The number of pyridine rings is 1. The van der Waals surface area contributed by atoms with E-state index in [0.29, 0.717) is 12.6 Å². The number of rotatable bonds is 5. The maximum atomic E-state index is 12.1. The molecule has 1 saturated heterocycles. The van der Waals surface area contributed by atoms with Crippen LogP contribution in [0.4, 0.5) is 10.5 Å². The number of carbonyl (C=O) groups is 1. The third-order valence-corrected chi connectivity index (χ3v) is 4.11. The molecule has 1 aliphatic rings. The molecule has 1 aliphatic heterocycles. The summed E-state index contributed by atoms with van der Waals surface area (Å²) in [5, 5.41) is 2.91. The highest BCUT2D eigenvalue weighted by molar-refractivity contribution is 5.90. The number of nitrogens with one attached hydrogen (secondary N) is 1. The Morgan fingerprint density at radius 2 is 2.04 bits per heavy atom. The van der Waals surface area contributed by atoms with Gasteiger partial charge in [0.05, 0.1) is 0 Å². The number of likely N-dealkylation sites (tertiary alicyclic amines) is 1. The van der Waals surface area contributed by atoms with Crippen molar-refractivity contribution in [3.63, 3.8) is 0 Å². The van der Waals surface area contributed by atoms with E-state index in [1.807, 2.05) is 50.5 Å². The fraction of sp³-hybridized carbons (Fsp3) is 0.333. The smallest absolute Gasteiger partial charge is 0.321 e. The first kappa shape index (κ1) is 16.3. The minimum atomic E-state index is -0.0582. The minimum Gasteiger partial charge on any atom is -0.489 e. The summed E-state index contributed by atoms with van der Waals surface area (Å²) in [4.78, 5) is 20.1. The van der Waals surface area contributed by atoms with E-state index in [0.717, 1.165) is 30.1 Å². The van der Waals surface area contributed by atoms with Crippen LogP contribution < -0.4 is 10.1 Å². The van der Waals surface area contributed by atoms with Crippen molar-refractivity contribution in [2.24, 2.45) is 0 Å². The lowest BCUT2D eigenvalue weighted by molar-refractivity contribution is 0.0942. The van der Waals surface area contributed by atoms with Gasteiger partial charge < -0.3 is 19.9 Å². The summed E-state index contributed by atoms with van der Waals surface area (Å²) in [6.45, 7) is 2.01. The molecule has 0 saturated carbocycles. The molecule has 0 bridgehead atoms. The Kier molecular flexibility index (Phi) is 4.96. The second-order valence-corrected chi connectivity index (χ2v) is 6.13. The van der Waals surface area contributed by atoms with Crippen molar-refractivity contribution in [3.05, 3.63) is 54.4 Å². The van der Waals surface area contributed by atoms with E-state index in [2.05, 4.69) is 15.2 Å². The fourth-order valence-corrected chi connectivity index (χ4v) is 2.43. The Morgan fingerprint density at radius 3 is 2.67 bits per heavy atom. The van der Waals surface area contributed by atoms with Gasteiger partial charge in [-0.3, -0.25) is 4.98 Å². The normalized spacial score (nSPS) is 14.4. The van der Waals surface area contributed by atoms with Crippen LogP contribution in [-0.4, -0.2) is 54.0 Å². The molecule has 1 aromatic carbocycles. The van der Waals surface area contributed by atoms with Gasteiger partial charge in [-0.2, -0.15) is 0 Å². The highest BCUT2D eigenvalue weighted by atomic mass is 16.5. The molecule has 0 spiro atoms. The van der Waals surface area contributed by atoms with E-state index in [9.17, 15) is 4.79 Å². The Balaban J connectivity index is 1.47. The Labute approximate surface area is 142 Å². The van der Waals surface area contributed by atoms with Gasteiger partial charge in [-0.15, -0.1) is 0 Å². The summed E-state index contributed by atoms with van der Waals surface area (Å²) in [6, 6.07) is 11.6. The third kappa shape index (κ3) is 4.02. The molecule has 1 N–H and O–H groups in total. The van der Waals surface area contributed by atoms with Crippen LogP contribution in [0.15, 0.2) is 48.8 Å². The molecule has 24 heavy (non-hydrogen) atoms. The molecule has 3 rings (SSSR count). The lowest BCUT2D eigenvalue weighted by Crippen LogP contribution is -2.60. The van der Waals surface area contributed by atoms with E-state index < -0.39 is 0 Å². The first-order valence-electron chi connectivity index (χ1n) is 7.96. The molecular formula is C18H22N4O2. The van der Waals surface area contributed by atoms with Gasteiger partial charge in [0.1, 0.15) is 12.4 Å². The van der Waals surface area contributed by atoms with Crippen molar-refractivity contribution in [1.29, 1.82) is 0 Å². The predicted molar refractivity (Wildman–Crippen MR) is 93.1 cm³/mol. The topological polar surface area (TPSA) is 57.7 Å². The maximum Gasteiger partial charge on any atom is 0.321 e. The SMILES string of the molecule is CN(C)C1CN(C(=O)Nc2ccc(OCc3cccnc3)cc2)C1. The van der Waals surface area contributed by atoms with Crippen LogP contribution in [0.3, 0.4) is 0 Å². The number of anilines is 1. The Bertz CT molecular complexity index is 667. The molecule has 6 nitrogen and oxygen atoms in total. The van der Waals surface area contributed by atoms with E-state index >= 15 is 0 Å². The molecule has 0 atom stereocenters. The second kappa shape index (κ2) is 7.31. The van der Waals surface area contributed by atoms with E-state index in [-0.39, 0.29) is 6.03 Å². The average molecular weight is 326 g/mol. The fourth-order valence-electron chi connectivity index (χ4n) is 2.43. The molecule has 2 amide bonds. The van der Waals surface area contributed by atoms with Gasteiger partial charge in [-0.25, -0.2) is 4.79 Å². The molecule has 0 radical (unpaired) electrons. The van der Waals surface area contributed by atoms with E-state index in [1.165, 1.54) is 0 Å². The number of aromatic nitrogens is 1. The first-order valence-corrected chi connectivity index (χ1v) is 7.96. The molecule has 0 unspecified atom stereocenters. The highest BCUT2D eigenvalue weighted by Crippen LogP contribution is 2.19. The van der Waals surface area contributed by atoms with Crippen LogP contribution in [0.5, 0.6) is 5.75 Å². The lowest BCUT2D eigenvalue weighted by atomic mass is 10.1. The van der Waals surface area contributed by atoms with Crippen LogP contribution >= 0.6 is 0 Å². The molecule has 6 heteroatoms. The first-order chi connectivity index (χ1) is 11.6. The number of likely N-dealkylation sites (N-methyl/N-ethyl adjacent to an activating group) is 1. The minimum absolute atomic E-state index is 0.0582. The van der Waals surface area contributed by atoms with Gasteiger partial charge in [0, 0.05) is 42.8 Å². The van der Waals surface area contributed by atoms with Gasteiger partial charge in [0.25, 0.3) is 0 Å².